The van der Waals surface area contributed by atoms with E-state index in [9.17, 15) is 4.21 Å². The van der Waals surface area contributed by atoms with Crippen LogP contribution in [0.4, 0.5) is 0 Å². The zero-order valence-electron chi connectivity index (χ0n) is 6.72. The maximum Gasteiger partial charge on any atom is 0.159 e. The van der Waals surface area contributed by atoms with Gasteiger partial charge in [0.15, 0.2) is 11.1 Å². The molecule has 1 rings (SSSR count). The van der Waals surface area contributed by atoms with Gasteiger partial charge < -0.3 is 0 Å². The molecule has 0 N–H and O–H groups in total. The first kappa shape index (κ1) is 8.21. The Morgan fingerprint density at radius 1 is 1.50 bits per heavy atom. The van der Waals surface area contributed by atoms with Crippen molar-refractivity contribution in [1.82, 2.24) is 0 Å². The molecule has 1 heterocycles. The third-order valence-electron chi connectivity index (χ3n) is 1.78. The van der Waals surface area contributed by atoms with Gasteiger partial charge >= 0.3 is 0 Å². The van der Waals surface area contributed by atoms with E-state index >= 15 is 0 Å². The van der Waals surface area contributed by atoms with E-state index in [4.69, 9.17) is 4.18 Å². The predicted molar refractivity (Wildman–Crippen MR) is 42.0 cm³/mol. The molecule has 1 fully saturated rings. The Morgan fingerprint density at radius 3 is 2.30 bits per heavy atom. The molecule has 0 saturated carbocycles. The molecule has 0 radical (unpaired) electrons. The maximum absolute atomic E-state index is 11.1. The van der Waals surface area contributed by atoms with Crippen LogP contribution in [-0.2, 0) is 15.3 Å². The lowest BCUT2D eigenvalue weighted by atomic mass is 9.90. The van der Waals surface area contributed by atoms with Crippen molar-refractivity contribution in [2.45, 2.75) is 32.4 Å². The summed E-state index contributed by atoms with van der Waals surface area (Å²) in [7, 11) is 0. The van der Waals surface area contributed by atoms with Crippen molar-refractivity contribution in [3.8, 4) is 0 Å². The van der Waals surface area contributed by atoms with E-state index in [1.165, 1.54) is 0 Å². The average Bonchev–Trinajstić information content (AvgIpc) is 2.11. The van der Waals surface area contributed by atoms with Crippen LogP contribution in [0.5, 0.6) is 0 Å². The summed E-state index contributed by atoms with van der Waals surface area (Å²) in [5.41, 5.74) is 0.126. The maximum atomic E-state index is 11.1. The summed E-state index contributed by atoms with van der Waals surface area (Å²) < 4.78 is 16.1. The molecule has 0 aromatic carbocycles. The molecule has 0 aliphatic carbocycles. The molecule has 60 valence electrons. The van der Waals surface area contributed by atoms with Gasteiger partial charge in [-0.2, -0.15) is 0 Å². The van der Waals surface area contributed by atoms with E-state index in [0.717, 1.165) is 6.42 Å². The molecule has 3 heteroatoms. The average molecular weight is 162 g/mol. The highest BCUT2D eigenvalue weighted by molar-refractivity contribution is 7.81. The van der Waals surface area contributed by atoms with Crippen molar-refractivity contribution >= 4 is 11.1 Å². The fourth-order valence-corrected chi connectivity index (χ4v) is 2.43. The molecule has 0 aromatic rings. The van der Waals surface area contributed by atoms with Gasteiger partial charge in [0.25, 0.3) is 0 Å². The Labute approximate surface area is 64.6 Å². The molecule has 1 saturated heterocycles. The smallest absolute Gasteiger partial charge is 0.159 e. The van der Waals surface area contributed by atoms with Gasteiger partial charge in [-0.05, 0) is 11.8 Å². The highest BCUT2D eigenvalue weighted by atomic mass is 32.2. The topological polar surface area (TPSA) is 26.3 Å². The second-order valence-electron chi connectivity index (χ2n) is 3.73. The summed E-state index contributed by atoms with van der Waals surface area (Å²) in [6.07, 6.45) is 0.941. The zero-order chi connectivity index (χ0) is 7.78. The van der Waals surface area contributed by atoms with Gasteiger partial charge in [0.1, 0.15) is 0 Å². The first-order valence-electron chi connectivity index (χ1n) is 3.55. The van der Waals surface area contributed by atoms with E-state index in [2.05, 4.69) is 20.8 Å². The molecule has 2 atom stereocenters. The highest BCUT2D eigenvalue weighted by Crippen LogP contribution is 2.30. The summed E-state index contributed by atoms with van der Waals surface area (Å²) in [5.74, 6) is 0. The summed E-state index contributed by atoms with van der Waals surface area (Å²) in [6.45, 7) is 6.97. The Bertz CT molecular complexity index is 148. The van der Waals surface area contributed by atoms with E-state index < -0.39 is 11.1 Å². The molecule has 0 bridgehead atoms. The fourth-order valence-electron chi connectivity index (χ4n) is 1.14. The predicted octanol–water partition coefficient (Wildman–Crippen LogP) is 1.49. The van der Waals surface area contributed by atoms with Gasteiger partial charge in [0.2, 0.25) is 0 Å². The van der Waals surface area contributed by atoms with Gasteiger partial charge in [-0.25, -0.2) is 4.21 Å². The molecule has 1 unspecified atom stereocenters. The Balaban J connectivity index is 2.64. The van der Waals surface area contributed by atoms with Gasteiger partial charge in [-0.1, -0.05) is 20.8 Å². The SMILES string of the molecule is CC(C)(C)[C@@H]1CCOS1=O. The van der Waals surface area contributed by atoms with Gasteiger partial charge in [-0.3, -0.25) is 4.18 Å². The molecule has 0 aromatic heterocycles. The number of rotatable bonds is 0. The quantitative estimate of drug-likeness (QED) is 0.539. The van der Waals surface area contributed by atoms with Crippen LogP contribution in [0.3, 0.4) is 0 Å². The zero-order valence-corrected chi connectivity index (χ0v) is 7.53. The summed E-state index contributed by atoms with van der Waals surface area (Å²) in [4.78, 5) is 0. The standard InChI is InChI=1S/C7H14O2S/c1-7(2,3)6-4-5-9-10(6)8/h6H,4-5H2,1-3H3/t6-,10?/m0/s1. The molecule has 2 nitrogen and oxygen atoms in total. The van der Waals surface area contributed by atoms with E-state index in [1.54, 1.807) is 0 Å². The van der Waals surface area contributed by atoms with Crippen molar-refractivity contribution in [1.29, 1.82) is 0 Å². The molecule has 10 heavy (non-hydrogen) atoms. The van der Waals surface area contributed by atoms with Crippen LogP contribution in [0.25, 0.3) is 0 Å². The van der Waals surface area contributed by atoms with Crippen molar-refractivity contribution in [2.75, 3.05) is 6.61 Å². The minimum absolute atomic E-state index is 0.126. The molecule has 1 aliphatic rings. The monoisotopic (exact) mass is 162 g/mol. The lowest BCUT2D eigenvalue weighted by Gasteiger charge is -2.23. The fraction of sp³-hybridized carbons (Fsp3) is 1.00. The van der Waals surface area contributed by atoms with E-state index in [1.807, 2.05) is 0 Å². The van der Waals surface area contributed by atoms with Crippen LogP contribution < -0.4 is 0 Å². The first-order valence-corrected chi connectivity index (χ1v) is 4.69. The van der Waals surface area contributed by atoms with E-state index in [-0.39, 0.29) is 10.7 Å². The molecular weight excluding hydrogens is 148 g/mol. The highest BCUT2D eigenvalue weighted by Gasteiger charge is 2.34. The van der Waals surface area contributed by atoms with Gasteiger partial charge in [-0.15, -0.1) is 0 Å². The number of hydrogen-bond donors (Lipinski definition) is 0. The normalized spacial score (nSPS) is 34.7. The molecule has 1 aliphatic heterocycles. The minimum atomic E-state index is -1.03. The van der Waals surface area contributed by atoms with E-state index in [0.29, 0.717) is 6.61 Å². The van der Waals surface area contributed by atoms with Crippen LogP contribution in [0.2, 0.25) is 0 Å². The Kier molecular flexibility index (Phi) is 2.15. The largest absolute Gasteiger partial charge is 0.290 e. The van der Waals surface area contributed by atoms with Crippen LogP contribution >= 0.6 is 0 Å². The van der Waals surface area contributed by atoms with Crippen molar-refractivity contribution < 1.29 is 8.39 Å². The third kappa shape index (κ3) is 1.58. The van der Waals surface area contributed by atoms with Crippen molar-refractivity contribution in [2.24, 2.45) is 5.41 Å². The third-order valence-corrected chi connectivity index (χ3v) is 3.58. The summed E-state index contributed by atoms with van der Waals surface area (Å²) in [5, 5.41) is 0.229. The second-order valence-corrected chi connectivity index (χ2v) is 5.05. The van der Waals surface area contributed by atoms with Crippen LogP contribution in [0.1, 0.15) is 27.2 Å². The van der Waals surface area contributed by atoms with Crippen molar-refractivity contribution in [3.63, 3.8) is 0 Å². The van der Waals surface area contributed by atoms with Crippen LogP contribution in [0.15, 0.2) is 0 Å². The Hall–Kier alpha value is 0.110. The summed E-state index contributed by atoms with van der Waals surface area (Å²) in [6, 6.07) is 0. The van der Waals surface area contributed by atoms with Gasteiger partial charge in [0, 0.05) is 0 Å². The molecule has 0 spiro atoms. The van der Waals surface area contributed by atoms with Gasteiger partial charge in [0.05, 0.1) is 11.9 Å². The minimum Gasteiger partial charge on any atom is -0.290 e. The summed E-state index contributed by atoms with van der Waals surface area (Å²) >= 11 is -1.03. The van der Waals surface area contributed by atoms with Crippen molar-refractivity contribution in [3.05, 3.63) is 0 Å². The molecule has 0 amide bonds. The van der Waals surface area contributed by atoms with Crippen LogP contribution in [0, 0.1) is 5.41 Å². The van der Waals surface area contributed by atoms with Crippen LogP contribution in [-0.4, -0.2) is 16.1 Å². The first-order chi connectivity index (χ1) is 4.52. The second kappa shape index (κ2) is 2.62. The lowest BCUT2D eigenvalue weighted by Crippen LogP contribution is -2.26. The molecular formula is C7H14O2S. The Morgan fingerprint density at radius 2 is 2.10 bits per heavy atom. The number of hydrogen-bond acceptors (Lipinski definition) is 2. The lowest BCUT2D eigenvalue weighted by molar-refractivity contribution is 0.360.